The third kappa shape index (κ3) is 2.06. The van der Waals surface area contributed by atoms with Crippen LogP contribution in [0.5, 0.6) is 0 Å². The number of nitriles is 1. The van der Waals surface area contributed by atoms with Crippen LogP contribution in [0, 0.1) is 11.3 Å². The molecule has 3 heteroatoms. The van der Waals surface area contributed by atoms with E-state index in [9.17, 15) is 5.26 Å². The first-order valence-electron chi connectivity index (χ1n) is 11.4. The Labute approximate surface area is 194 Å². The zero-order valence-electron chi connectivity index (χ0n) is 18.2. The van der Waals surface area contributed by atoms with E-state index in [0.717, 1.165) is 16.6 Å². The zero-order chi connectivity index (χ0) is 22.4. The average Bonchev–Trinajstić information content (AvgIpc) is 3.52. The van der Waals surface area contributed by atoms with Crippen molar-refractivity contribution in [1.29, 1.82) is 5.26 Å². The monoisotopic (exact) mass is 431 g/mol. The summed E-state index contributed by atoms with van der Waals surface area (Å²) in [5.41, 5.74) is 7.77. The van der Waals surface area contributed by atoms with E-state index in [0.29, 0.717) is 5.56 Å². The minimum absolute atomic E-state index is 0.684. The Bertz CT molecular complexity index is 2080. The molecule has 3 nitrogen and oxygen atoms in total. The van der Waals surface area contributed by atoms with Crippen molar-refractivity contribution in [3.8, 4) is 11.8 Å². The molecule has 0 bridgehead atoms. The van der Waals surface area contributed by atoms with Crippen molar-refractivity contribution in [1.82, 2.24) is 8.97 Å². The number of fused-ring (bicyclic) bond motifs is 9. The first-order chi connectivity index (χ1) is 16.8. The predicted molar refractivity (Wildman–Crippen MR) is 140 cm³/mol. The fourth-order valence-corrected chi connectivity index (χ4v) is 5.88. The predicted octanol–water partition coefficient (Wildman–Crippen LogP) is 7.81. The SMILES string of the molecule is N#Cc1ccc2c(c1)c1cc(-n3c4ccccc4c4ccccc43)cc3c4ccccc4n2c31. The summed E-state index contributed by atoms with van der Waals surface area (Å²) < 4.78 is 4.73. The normalized spacial score (nSPS) is 12.1. The van der Waals surface area contributed by atoms with E-state index in [2.05, 4.69) is 106 Å². The Hall–Kier alpha value is -4.81. The van der Waals surface area contributed by atoms with Gasteiger partial charge < -0.3 is 8.97 Å². The first-order valence-corrected chi connectivity index (χ1v) is 11.4. The lowest BCUT2D eigenvalue weighted by molar-refractivity contribution is 1.19. The van der Waals surface area contributed by atoms with E-state index < -0.39 is 0 Å². The van der Waals surface area contributed by atoms with Gasteiger partial charge >= 0.3 is 0 Å². The number of benzene rings is 5. The summed E-state index contributed by atoms with van der Waals surface area (Å²) >= 11 is 0. The fraction of sp³-hybridized carbons (Fsp3) is 0. The van der Waals surface area contributed by atoms with Gasteiger partial charge in [-0.2, -0.15) is 5.26 Å². The maximum absolute atomic E-state index is 9.58. The Morgan fingerprint density at radius 2 is 1.03 bits per heavy atom. The van der Waals surface area contributed by atoms with Gasteiger partial charge in [0.25, 0.3) is 0 Å². The highest BCUT2D eigenvalue weighted by Gasteiger charge is 2.20. The number of aromatic nitrogens is 2. The summed E-state index contributed by atoms with van der Waals surface area (Å²) in [6, 6.07) is 38.8. The quantitative estimate of drug-likeness (QED) is 0.261. The molecule has 5 aromatic carbocycles. The summed E-state index contributed by atoms with van der Waals surface area (Å²) in [6.45, 7) is 0. The van der Waals surface area contributed by atoms with Crippen LogP contribution < -0.4 is 0 Å². The molecule has 8 rings (SSSR count). The Morgan fingerprint density at radius 3 is 1.68 bits per heavy atom. The lowest BCUT2D eigenvalue weighted by Crippen LogP contribution is -1.93. The number of hydrogen-bond acceptors (Lipinski definition) is 1. The second-order valence-corrected chi connectivity index (χ2v) is 8.96. The van der Waals surface area contributed by atoms with Crippen LogP contribution in [0.3, 0.4) is 0 Å². The van der Waals surface area contributed by atoms with Crippen molar-refractivity contribution in [3.05, 3.63) is 109 Å². The van der Waals surface area contributed by atoms with Gasteiger partial charge in [-0.1, -0.05) is 54.6 Å². The molecular formula is C31H17N3. The van der Waals surface area contributed by atoms with Crippen molar-refractivity contribution in [2.45, 2.75) is 0 Å². The van der Waals surface area contributed by atoms with Crippen LogP contribution in [0.4, 0.5) is 0 Å². The first kappa shape index (κ1) is 17.7. The summed E-state index contributed by atoms with van der Waals surface area (Å²) in [4.78, 5) is 0. The van der Waals surface area contributed by atoms with E-state index in [-0.39, 0.29) is 0 Å². The van der Waals surface area contributed by atoms with Crippen molar-refractivity contribution in [2.75, 3.05) is 0 Å². The average molecular weight is 431 g/mol. The van der Waals surface area contributed by atoms with Crippen molar-refractivity contribution in [3.63, 3.8) is 0 Å². The summed E-state index contributed by atoms with van der Waals surface area (Å²) in [7, 11) is 0. The summed E-state index contributed by atoms with van der Waals surface area (Å²) in [5, 5.41) is 16.9. The standard InChI is InChI=1S/C31H17N3/c32-18-19-13-14-30-24(15-19)26-17-20(16-25-23-9-3-6-12-29(23)34(30)31(25)26)33-27-10-4-1-7-21(27)22-8-2-5-11-28(22)33/h1-17H. The molecule has 3 aromatic heterocycles. The largest absolute Gasteiger partial charge is 0.309 e. The fourth-order valence-electron chi connectivity index (χ4n) is 5.88. The molecule has 0 aliphatic rings. The number of rotatable bonds is 1. The van der Waals surface area contributed by atoms with Crippen LogP contribution in [0.1, 0.15) is 5.56 Å². The molecule has 0 amide bonds. The van der Waals surface area contributed by atoms with Crippen molar-refractivity contribution >= 4 is 59.9 Å². The molecule has 0 saturated heterocycles. The van der Waals surface area contributed by atoms with Crippen molar-refractivity contribution < 1.29 is 0 Å². The van der Waals surface area contributed by atoms with Gasteiger partial charge in [-0.15, -0.1) is 0 Å². The van der Waals surface area contributed by atoms with E-state index in [1.807, 2.05) is 12.1 Å². The van der Waals surface area contributed by atoms with Crippen LogP contribution in [0.15, 0.2) is 103 Å². The van der Waals surface area contributed by atoms with Gasteiger partial charge in [-0.05, 0) is 48.5 Å². The Balaban J connectivity index is 1.63. The smallest absolute Gasteiger partial charge is 0.0991 e. The van der Waals surface area contributed by atoms with Crippen LogP contribution in [-0.4, -0.2) is 8.97 Å². The third-order valence-corrected chi connectivity index (χ3v) is 7.25. The van der Waals surface area contributed by atoms with Gasteiger partial charge in [0.15, 0.2) is 0 Å². The highest BCUT2D eigenvalue weighted by Crippen LogP contribution is 2.42. The summed E-state index contributed by atoms with van der Waals surface area (Å²) in [5.74, 6) is 0. The minimum Gasteiger partial charge on any atom is -0.309 e. The van der Waals surface area contributed by atoms with E-state index in [1.54, 1.807) is 0 Å². The molecule has 3 heterocycles. The second kappa shape index (κ2) is 6.15. The molecule has 0 N–H and O–H groups in total. The number of para-hydroxylation sites is 3. The van der Waals surface area contributed by atoms with Gasteiger partial charge in [0.1, 0.15) is 0 Å². The van der Waals surface area contributed by atoms with E-state index in [1.165, 1.54) is 49.0 Å². The topological polar surface area (TPSA) is 33.1 Å². The highest BCUT2D eigenvalue weighted by molar-refractivity contribution is 6.24. The van der Waals surface area contributed by atoms with Crippen LogP contribution in [0.2, 0.25) is 0 Å². The molecule has 0 unspecified atom stereocenters. The zero-order valence-corrected chi connectivity index (χ0v) is 18.2. The summed E-state index contributed by atoms with van der Waals surface area (Å²) in [6.07, 6.45) is 0. The molecule has 8 aromatic rings. The minimum atomic E-state index is 0.684. The van der Waals surface area contributed by atoms with Gasteiger partial charge in [0, 0.05) is 38.0 Å². The molecule has 0 aliphatic heterocycles. The van der Waals surface area contributed by atoms with Crippen LogP contribution in [0.25, 0.3) is 65.6 Å². The molecule has 34 heavy (non-hydrogen) atoms. The second-order valence-electron chi connectivity index (χ2n) is 8.96. The maximum atomic E-state index is 9.58. The van der Waals surface area contributed by atoms with Gasteiger partial charge in [0.2, 0.25) is 0 Å². The van der Waals surface area contributed by atoms with Crippen LogP contribution in [-0.2, 0) is 0 Å². The Morgan fingerprint density at radius 1 is 0.500 bits per heavy atom. The molecule has 156 valence electrons. The molecule has 0 saturated carbocycles. The highest BCUT2D eigenvalue weighted by atomic mass is 15.0. The maximum Gasteiger partial charge on any atom is 0.0991 e. The lowest BCUT2D eigenvalue weighted by Gasteiger charge is -2.09. The van der Waals surface area contributed by atoms with E-state index >= 15 is 0 Å². The molecule has 0 fully saturated rings. The molecule has 0 radical (unpaired) electrons. The molecule has 0 aliphatic carbocycles. The van der Waals surface area contributed by atoms with Gasteiger partial charge in [0.05, 0.1) is 39.2 Å². The third-order valence-electron chi connectivity index (χ3n) is 7.25. The van der Waals surface area contributed by atoms with E-state index in [4.69, 9.17) is 0 Å². The van der Waals surface area contributed by atoms with Gasteiger partial charge in [-0.3, -0.25) is 0 Å². The lowest BCUT2D eigenvalue weighted by atomic mass is 10.1. The Kier molecular flexibility index (Phi) is 3.21. The van der Waals surface area contributed by atoms with Gasteiger partial charge in [-0.25, -0.2) is 0 Å². The molecular weight excluding hydrogens is 414 g/mol. The molecule has 0 spiro atoms. The van der Waals surface area contributed by atoms with Crippen LogP contribution >= 0.6 is 0 Å². The number of nitrogens with zero attached hydrogens (tertiary/aromatic N) is 3. The van der Waals surface area contributed by atoms with Crippen molar-refractivity contribution in [2.24, 2.45) is 0 Å². The molecule has 0 atom stereocenters. The number of hydrogen-bond donors (Lipinski definition) is 0.